The van der Waals surface area contributed by atoms with Gasteiger partial charge in [0, 0.05) is 24.0 Å². The molecule has 1 aliphatic heterocycles. The number of fused-ring (bicyclic) bond motifs is 2. The Labute approximate surface area is 263 Å². The van der Waals surface area contributed by atoms with Crippen LogP contribution in [0.3, 0.4) is 0 Å². The van der Waals surface area contributed by atoms with Crippen molar-refractivity contribution in [2.45, 2.75) is 44.9 Å². The number of nitrogens with one attached hydrogen (secondary N) is 2. The van der Waals surface area contributed by atoms with Crippen molar-refractivity contribution in [3.05, 3.63) is 83.2 Å². The largest absolute Gasteiger partial charge is 0.504 e. The highest BCUT2D eigenvalue weighted by Crippen LogP contribution is 2.41. The van der Waals surface area contributed by atoms with Crippen molar-refractivity contribution in [1.82, 2.24) is 10.6 Å². The maximum absolute atomic E-state index is 14.3. The van der Waals surface area contributed by atoms with E-state index in [1.54, 1.807) is 14.2 Å². The van der Waals surface area contributed by atoms with Crippen molar-refractivity contribution >= 4 is 10.8 Å². The van der Waals surface area contributed by atoms with E-state index in [1.807, 2.05) is 42.5 Å². The Balaban J connectivity index is 0.000000215. The van der Waals surface area contributed by atoms with Crippen LogP contribution in [0.15, 0.2) is 60.7 Å². The Bertz CT molecular complexity index is 1550. The topological polar surface area (TPSA) is 122 Å². The first-order valence-electron chi connectivity index (χ1n) is 14.9. The zero-order chi connectivity index (χ0) is 32.5. The van der Waals surface area contributed by atoms with Crippen LogP contribution in [-0.4, -0.2) is 68.5 Å². The Kier molecular flexibility index (Phi) is 11.7. The van der Waals surface area contributed by atoms with Crippen molar-refractivity contribution in [3.8, 4) is 34.5 Å². The lowest BCUT2D eigenvalue weighted by Crippen LogP contribution is -2.35. The van der Waals surface area contributed by atoms with Crippen LogP contribution in [0.5, 0.6) is 34.5 Å². The van der Waals surface area contributed by atoms with E-state index in [0.29, 0.717) is 67.0 Å². The lowest BCUT2D eigenvalue weighted by molar-refractivity contribution is 0.105. The van der Waals surface area contributed by atoms with Crippen LogP contribution in [0.25, 0.3) is 10.8 Å². The summed E-state index contributed by atoms with van der Waals surface area (Å²) in [5, 5.41) is 38.0. The molecule has 0 aromatic heterocycles. The van der Waals surface area contributed by atoms with Crippen molar-refractivity contribution in [2.24, 2.45) is 0 Å². The summed E-state index contributed by atoms with van der Waals surface area (Å²) in [6.07, 6.45) is 0.468. The molecule has 4 aromatic rings. The smallest absolute Gasteiger partial charge is 0.203 e. The highest BCUT2D eigenvalue weighted by atomic mass is 19.1. The van der Waals surface area contributed by atoms with Gasteiger partial charge in [-0.3, -0.25) is 0 Å². The summed E-state index contributed by atoms with van der Waals surface area (Å²) in [4.78, 5) is 0. The van der Waals surface area contributed by atoms with Gasteiger partial charge in [-0.2, -0.15) is 0 Å². The normalized spacial score (nSPS) is 14.7. The lowest BCUT2D eigenvalue weighted by Gasteiger charge is -2.28. The summed E-state index contributed by atoms with van der Waals surface area (Å²) >= 11 is 0. The highest BCUT2D eigenvalue weighted by molar-refractivity contribution is 5.88. The van der Waals surface area contributed by atoms with Gasteiger partial charge < -0.3 is 44.9 Å². The Morgan fingerprint density at radius 3 is 2.29 bits per heavy atom. The van der Waals surface area contributed by atoms with Gasteiger partial charge in [-0.1, -0.05) is 50.2 Å². The van der Waals surface area contributed by atoms with Crippen molar-refractivity contribution in [2.75, 3.05) is 41.0 Å². The quantitative estimate of drug-likeness (QED) is 0.143. The fraction of sp³-hybridized carbons (Fsp3) is 0.371. The van der Waals surface area contributed by atoms with Crippen molar-refractivity contribution < 1.29 is 38.7 Å². The molecule has 0 radical (unpaired) electrons. The van der Waals surface area contributed by atoms with Gasteiger partial charge in [-0.05, 0) is 65.7 Å². The molecule has 0 spiro atoms. The molecule has 2 atom stereocenters. The van der Waals surface area contributed by atoms with Gasteiger partial charge in [0.15, 0.2) is 28.8 Å². The molecule has 0 saturated heterocycles. The van der Waals surface area contributed by atoms with Crippen LogP contribution < -0.4 is 29.6 Å². The fourth-order valence-corrected chi connectivity index (χ4v) is 5.34. The maximum atomic E-state index is 14.3. The maximum Gasteiger partial charge on any atom is 0.203 e. The van der Waals surface area contributed by atoms with E-state index < -0.39 is 23.4 Å². The zero-order valence-corrected chi connectivity index (χ0v) is 26.4. The Morgan fingerprint density at radius 1 is 0.933 bits per heavy atom. The summed E-state index contributed by atoms with van der Waals surface area (Å²) in [6.45, 7) is 5.52. The van der Waals surface area contributed by atoms with E-state index in [9.17, 15) is 19.7 Å². The number of hydrogen-bond donors (Lipinski definition) is 5. The van der Waals surface area contributed by atoms with Crippen molar-refractivity contribution in [3.63, 3.8) is 0 Å². The molecule has 1 heterocycles. The molecule has 5 rings (SSSR count). The minimum atomic E-state index is -0.753. The number of methoxy groups -OCH3 is 3. The lowest BCUT2D eigenvalue weighted by atomic mass is 9.89. The summed E-state index contributed by atoms with van der Waals surface area (Å²) in [5.41, 5.74) is 1.96. The molecule has 4 aromatic carbocycles. The summed E-state index contributed by atoms with van der Waals surface area (Å²) < 4.78 is 36.1. The number of hydrogen-bond acceptors (Lipinski definition) is 9. The van der Waals surface area contributed by atoms with Crippen LogP contribution in [0.2, 0.25) is 0 Å². The molecule has 10 heteroatoms. The third-order valence-corrected chi connectivity index (χ3v) is 7.60. The van der Waals surface area contributed by atoms with E-state index in [2.05, 4.69) is 36.6 Å². The predicted octanol–water partition coefficient (Wildman–Crippen LogP) is 5.27. The zero-order valence-electron chi connectivity index (χ0n) is 26.4. The van der Waals surface area contributed by atoms with Gasteiger partial charge in [0.1, 0.15) is 18.5 Å². The molecular weight excluding hydrogens is 579 g/mol. The first kappa shape index (κ1) is 33.6. The molecule has 0 amide bonds. The molecule has 0 aliphatic carbocycles. The minimum Gasteiger partial charge on any atom is -0.504 e. The van der Waals surface area contributed by atoms with E-state index in [1.165, 1.54) is 13.2 Å². The van der Waals surface area contributed by atoms with Crippen LogP contribution in [0.4, 0.5) is 4.39 Å². The molecule has 45 heavy (non-hydrogen) atoms. The van der Waals surface area contributed by atoms with E-state index in [-0.39, 0.29) is 6.04 Å². The number of ether oxygens (including phenoxy) is 4. The minimum absolute atomic E-state index is 0.220. The summed E-state index contributed by atoms with van der Waals surface area (Å²) in [7, 11) is 4.63. The molecule has 0 saturated carbocycles. The third kappa shape index (κ3) is 8.27. The number of phenolic OH excluding ortho intramolecular Hbond substituents is 2. The van der Waals surface area contributed by atoms with E-state index >= 15 is 0 Å². The standard InChI is InChI=1S/C19H22FNO5.C16H21NO2/c1-24-15-7-10(8-16(25-2)19(15)26-3)6-13-12-9-14(22)18(23)17(20)11(12)4-5-21-13;1-12(2)17-10-14(18)11-19-16-9-5-7-13-6-3-4-8-15(13)16/h7-9,13,21-23H,4-6H2,1-3H3;3-9,12,14,17-18H,10-11H2,1-2H3. The second kappa shape index (κ2) is 15.7. The molecule has 242 valence electrons. The van der Waals surface area contributed by atoms with E-state index in [4.69, 9.17) is 18.9 Å². The van der Waals surface area contributed by atoms with Crippen LogP contribution >= 0.6 is 0 Å². The number of rotatable bonds is 11. The number of aliphatic hydroxyl groups excluding tert-OH is 1. The number of phenols is 2. The Hall–Kier alpha value is -4.25. The van der Waals surface area contributed by atoms with Gasteiger partial charge in [0.25, 0.3) is 0 Å². The van der Waals surface area contributed by atoms with Gasteiger partial charge >= 0.3 is 0 Å². The van der Waals surface area contributed by atoms with Gasteiger partial charge in [0.2, 0.25) is 5.75 Å². The first-order chi connectivity index (χ1) is 21.7. The monoisotopic (exact) mass is 622 g/mol. The number of aromatic hydroxyl groups is 2. The second-order valence-electron chi connectivity index (χ2n) is 11.1. The average Bonchev–Trinajstić information content (AvgIpc) is 3.05. The Morgan fingerprint density at radius 2 is 1.62 bits per heavy atom. The van der Waals surface area contributed by atoms with Gasteiger partial charge in [-0.15, -0.1) is 0 Å². The second-order valence-corrected chi connectivity index (χ2v) is 11.1. The van der Waals surface area contributed by atoms with Crippen LogP contribution in [0.1, 0.15) is 36.6 Å². The highest BCUT2D eigenvalue weighted by Gasteiger charge is 2.27. The molecule has 5 N–H and O–H groups in total. The average molecular weight is 623 g/mol. The molecule has 9 nitrogen and oxygen atoms in total. The molecule has 2 unspecified atom stereocenters. The third-order valence-electron chi connectivity index (χ3n) is 7.60. The molecule has 0 fully saturated rings. The molecule has 0 bridgehead atoms. The number of benzene rings is 4. The van der Waals surface area contributed by atoms with Gasteiger partial charge in [-0.25, -0.2) is 4.39 Å². The molecule has 1 aliphatic rings. The predicted molar refractivity (Wildman–Crippen MR) is 173 cm³/mol. The van der Waals surface area contributed by atoms with Gasteiger partial charge in [0.05, 0.1) is 21.3 Å². The number of aliphatic hydroxyl groups is 1. The fourth-order valence-electron chi connectivity index (χ4n) is 5.34. The number of halogens is 1. The van der Waals surface area contributed by atoms with Crippen LogP contribution in [0, 0.1) is 5.82 Å². The summed E-state index contributed by atoms with van der Waals surface area (Å²) in [6, 6.07) is 19.3. The van der Waals surface area contributed by atoms with E-state index in [0.717, 1.165) is 22.1 Å². The van der Waals surface area contributed by atoms with Crippen molar-refractivity contribution in [1.29, 1.82) is 0 Å². The van der Waals surface area contributed by atoms with Crippen LogP contribution in [-0.2, 0) is 12.8 Å². The molecular formula is C35H43FN2O7. The SMILES string of the molecule is CC(C)NCC(O)COc1cccc2ccccc12.COc1cc(CC2NCCc3c2cc(O)c(O)c3F)cc(OC)c1OC. The first-order valence-corrected chi connectivity index (χ1v) is 14.9. The summed E-state index contributed by atoms with van der Waals surface area (Å²) in [5.74, 6) is 0.495.